The molecule has 1 atom stereocenters. The molecule has 0 spiro atoms. The normalized spacial score (nSPS) is 13.0. The number of hydrogen-bond acceptors (Lipinski definition) is 4. The quantitative estimate of drug-likeness (QED) is 0.786. The third-order valence-corrected chi connectivity index (χ3v) is 3.69. The molecule has 0 bridgehead atoms. The van der Waals surface area contributed by atoms with E-state index in [9.17, 15) is 18.0 Å². The summed E-state index contributed by atoms with van der Waals surface area (Å²) in [7, 11) is 0. The van der Waals surface area contributed by atoms with Crippen molar-refractivity contribution >= 4 is 16.7 Å². The van der Waals surface area contributed by atoms with Gasteiger partial charge in [-0.3, -0.25) is 9.78 Å². The maximum Gasteiger partial charge on any atom is 0.405 e. The second-order valence-corrected chi connectivity index (χ2v) is 5.53. The van der Waals surface area contributed by atoms with Gasteiger partial charge in [0, 0.05) is 23.3 Å². The SMILES string of the molecule is CC(C(=O)NCC(F)(F)F)n1cc(-c2ccc3cnccc3c2)nn1. The second kappa shape index (κ2) is 6.50. The van der Waals surface area contributed by atoms with Gasteiger partial charge in [0.05, 0.1) is 6.20 Å². The fraction of sp³-hybridized carbons (Fsp3) is 0.250. The van der Waals surface area contributed by atoms with Gasteiger partial charge in [-0.15, -0.1) is 5.10 Å². The zero-order valence-corrected chi connectivity index (χ0v) is 13.2. The zero-order valence-electron chi connectivity index (χ0n) is 13.2. The highest BCUT2D eigenvalue weighted by Crippen LogP contribution is 2.23. The predicted octanol–water partition coefficient (Wildman–Crippen LogP) is 2.73. The molecule has 9 heteroatoms. The molecular formula is C16H14F3N5O. The van der Waals surface area contributed by atoms with E-state index in [1.807, 2.05) is 29.6 Å². The molecule has 0 saturated heterocycles. The van der Waals surface area contributed by atoms with Crippen LogP contribution in [0.25, 0.3) is 22.0 Å². The van der Waals surface area contributed by atoms with Crippen molar-refractivity contribution in [3.05, 3.63) is 42.9 Å². The van der Waals surface area contributed by atoms with Crippen LogP contribution in [0.4, 0.5) is 13.2 Å². The standard InChI is InChI=1S/C16H14F3N5O/c1-10(15(25)21-9-16(17,18)19)24-8-14(22-23-24)12-2-3-13-7-20-5-4-11(13)6-12/h2-8,10H,9H2,1H3,(H,21,25). The molecule has 0 saturated carbocycles. The minimum atomic E-state index is -4.46. The summed E-state index contributed by atoms with van der Waals surface area (Å²) in [5, 5.41) is 11.6. The monoisotopic (exact) mass is 349 g/mol. The Morgan fingerprint density at radius 3 is 2.84 bits per heavy atom. The maximum atomic E-state index is 12.2. The van der Waals surface area contributed by atoms with Gasteiger partial charge < -0.3 is 5.32 Å². The maximum absolute atomic E-state index is 12.2. The third kappa shape index (κ3) is 3.93. The molecule has 1 unspecified atom stereocenters. The van der Waals surface area contributed by atoms with Crippen LogP contribution < -0.4 is 5.32 Å². The average molecular weight is 349 g/mol. The van der Waals surface area contributed by atoms with Gasteiger partial charge in [0.25, 0.3) is 0 Å². The Morgan fingerprint density at radius 1 is 1.28 bits per heavy atom. The Labute approximate surface area is 140 Å². The molecule has 1 aromatic carbocycles. The number of amides is 1. The zero-order chi connectivity index (χ0) is 18.0. The van der Waals surface area contributed by atoms with Crippen molar-refractivity contribution in [2.24, 2.45) is 0 Å². The van der Waals surface area contributed by atoms with E-state index in [1.54, 1.807) is 12.4 Å². The van der Waals surface area contributed by atoms with Crippen LogP contribution in [0.2, 0.25) is 0 Å². The number of nitrogens with one attached hydrogen (secondary N) is 1. The van der Waals surface area contributed by atoms with Gasteiger partial charge in [0.15, 0.2) is 0 Å². The summed E-state index contributed by atoms with van der Waals surface area (Å²) >= 11 is 0. The number of pyridine rings is 1. The topological polar surface area (TPSA) is 72.7 Å². The van der Waals surface area contributed by atoms with Crippen molar-refractivity contribution in [1.82, 2.24) is 25.3 Å². The molecule has 25 heavy (non-hydrogen) atoms. The molecule has 0 aliphatic carbocycles. The molecule has 3 rings (SSSR count). The minimum Gasteiger partial charge on any atom is -0.345 e. The van der Waals surface area contributed by atoms with Gasteiger partial charge in [-0.1, -0.05) is 17.3 Å². The van der Waals surface area contributed by atoms with Crippen molar-refractivity contribution in [2.45, 2.75) is 19.1 Å². The van der Waals surface area contributed by atoms with Crippen LogP contribution in [-0.4, -0.2) is 38.6 Å². The molecule has 130 valence electrons. The largest absolute Gasteiger partial charge is 0.405 e. The summed E-state index contributed by atoms with van der Waals surface area (Å²) in [6.45, 7) is 0.0761. The number of aromatic nitrogens is 4. The van der Waals surface area contributed by atoms with Gasteiger partial charge in [0.1, 0.15) is 18.3 Å². The van der Waals surface area contributed by atoms with Gasteiger partial charge in [-0.05, 0) is 24.4 Å². The second-order valence-electron chi connectivity index (χ2n) is 5.53. The Hall–Kier alpha value is -2.97. The summed E-state index contributed by atoms with van der Waals surface area (Å²) in [5.74, 6) is -0.779. The van der Waals surface area contributed by atoms with Crippen LogP contribution in [0, 0.1) is 0 Å². The summed E-state index contributed by atoms with van der Waals surface area (Å²) in [5.41, 5.74) is 1.31. The first-order chi connectivity index (χ1) is 11.8. The van der Waals surface area contributed by atoms with Crippen LogP contribution in [-0.2, 0) is 4.79 Å². The van der Waals surface area contributed by atoms with Gasteiger partial charge >= 0.3 is 6.18 Å². The van der Waals surface area contributed by atoms with E-state index < -0.39 is 24.7 Å². The first-order valence-electron chi connectivity index (χ1n) is 7.44. The Morgan fingerprint density at radius 2 is 2.08 bits per heavy atom. The van der Waals surface area contributed by atoms with E-state index in [0.717, 1.165) is 16.3 Å². The van der Waals surface area contributed by atoms with Crippen LogP contribution >= 0.6 is 0 Å². The number of alkyl halides is 3. The van der Waals surface area contributed by atoms with Crippen LogP contribution in [0.15, 0.2) is 42.9 Å². The average Bonchev–Trinajstić information content (AvgIpc) is 3.08. The first kappa shape index (κ1) is 16.9. The van der Waals surface area contributed by atoms with Crippen molar-refractivity contribution < 1.29 is 18.0 Å². The number of carbonyl (C=O) groups excluding carboxylic acids is 1. The van der Waals surface area contributed by atoms with E-state index in [0.29, 0.717) is 5.69 Å². The number of benzene rings is 1. The molecule has 6 nitrogen and oxygen atoms in total. The van der Waals surface area contributed by atoms with E-state index in [2.05, 4.69) is 15.3 Å². The molecule has 0 aliphatic heterocycles. The highest BCUT2D eigenvalue weighted by Gasteiger charge is 2.29. The van der Waals surface area contributed by atoms with Gasteiger partial charge in [0.2, 0.25) is 5.91 Å². The Balaban J connectivity index is 1.77. The number of carbonyl (C=O) groups is 1. The molecule has 0 fully saturated rings. The number of nitrogens with zero attached hydrogens (tertiary/aromatic N) is 4. The predicted molar refractivity (Wildman–Crippen MR) is 84.5 cm³/mol. The minimum absolute atomic E-state index is 0.522. The van der Waals surface area contributed by atoms with E-state index in [1.165, 1.54) is 17.8 Å². The number of hydrogen-bond donors (Lipinski definition) is 1. The van der Waals surface area contributed by atoms with Crippen LogP contribution in [0.5, 0.6) is 0 Å². The third-order valence-electron chi connectivity index (χ3n) is 3.69. The molecule has 2 heterocycles. The molecule has 3 aromatic rings. The Kier molecular flexibility index (Phi) is 4.39. The molecular weight excluding hydrogens is 335 g/mol. The van der Waals surface area contributed by atoms with Crippen molar-refractivity contribution in [3.8, 4) is 11.3 Å². The fourth-order valence-electron chi connectivity index (χ4n) is 2.30. The number of rotatable bonds is 4. The lowest BCUT2D eigenvalue weighted by Gasteiger charge is -2.13. The van der Waals surface area contributed by atoms with E-state index in [4.69, 9.17) is 0 Å². The van der Waals surface area contributed by atoms with Crippen molar-refractivity contribution in [3.63, 3.8) is 0 Å². The van der Waals surface area contributed by atoms with Gasteiger partial charge in [-0.2, -0.15) is 13.2 Å². The fourth-order valence-corrected chi connectivity index (χ4v) is 2.30. The smallest absolute Gasteiger partial charge is 0.345 e. The van der Waals surface area contributed by atoms with Crippen LogP contribution in [0.1, 0.15) is 13.0 Å². The lowest BCUT2D eigenvalue weighted by molar-refractivity contribution is -0.140. The van der Waals surface area contributed by atoms with E-state index in [-0.39, 0.29) is 0 Å². The van der Waals surface area contributed by atoms with Crippen LogP contribution in [0.3, 0.4) is 0 Å². The Bertz CT molecular complexity index is 906. The highest BCUT2D eigenvalue weighted by atomic mass is 19.4. The van der Waals surface area contributed by atoms with Crippen molar-refractivity contribution in [2.75, 3.05) is 6.54 Å². The summed E-state index contributed by atoms with van der Waals surface area (Å²) in [6, 6.07) is 6.58. The summed E-state index contributed by atoms with van der Waals surface area (Å²) in [4.78, 5) is 15.8. The molecule has 1 amide bonds. The molecule has 1 N–H and O–H groups in total. The lowest BCUT2D eigenvalue weighted by Crippen LogP contribution is -2.37. The molecule has 0 radical (unpaired) electrons. The number of fused-ring (bicyclic) bond motifs is 1. The summed E-state index contributed by atoms with van der Waals surface area (Å²) < 4.78 is 37.8. The highest BCUT2D eigenvalue weighted by molar-refractivity contribution is 5.86. The number of halogens is 3. The summed E-state index contributed by atoms with van der Waals surface area (Å²) in [6.07, 6.45) is 0.488. The van der Waals surface area contributed by atoms with E-state index >= 15 is 0 Å². The first-order valence-corrected chi connectivity index (χ1v) is 7.44. The molecule has 2 aromatic heterocycles. The van der Waals surface area contributed by atoms with Crippen molar-refractivity contribution in [1.29, 1.82) is 0 Å². The molecule has 0 aliphatic rings. The van der Waals surface area contributed by atoms with Gasteiger partial charge in [-0.25, -0.2) is 4.68 Å². The lowest BCUT2D eigenvalue weighted by atomic mass is 10.1.